The molecule has 1 aromatic heterocycles. The Labute approximate surface area is 256 Å². The number of para-hydroxylation sites is 2. The van der Waals surface area contributed by atoms with Crippen molar-refractivity contribution in [3.05, 3.63) is 157 Å². The highest BCUT2D eigenvalue weighted by molar-refractivity contribution is 7.07. The minimum absolute atomic E-state index is 0.237. The Balaban J connectivity index is 1.43. The Bertz CT molecular complexity index is 2050. The lowest BCUT2D eigenvalue weighted by Crippen LogP contribution is -2.40. The van der Waals surface area contributed by atoms with Crippen LogP contribution < -0.4 is 29.7 Å². The van der Waals surface area contributed by atoms with Crippen LogP contribution in [-0.4, -0.2) is 17.6 Å². The van der Waals surface area contributed by atoms with Crippen LogP contribution in [0.15, 0.2) is 124 Å². The van der Waals surface area contributed by atoms with Crippen LogP contribution in [0.25, 0.3) is 6.08 Å². The lowest BCUT2D eigenvalue weighted by molar-refractivity contribution is -0.113. The number of aromatic nitrogens is 1. The highest BCUT2D eigenvalue weighted by atomic mass is 32.1. The number of anilines is 1. The van der Waals surface area contributed by atoms with Crippen LogP contribution in [0.1, 0.15) is 29.7 Å². The maximum absolute atomic E-state index is 14.1. The number of rotatable bonds is 8. The number of halogens is 1. The molecular formula is C35H28FN3O4S. The number of fused-ring (bicyclic) bond motifs is 1. The number of methoxy groups -OCH3 is 1. The van der Waals surface area contributed by atoms with Gasteiger partial charge in [-0.15, -0.1) is 0 Å². The van der Waals surface area contributed by atoms with Crippen LogP contribution in [-0.2, 0) is 11.4 Å². The molecule has 0 saturated carbocycles. The molecule has 0 radical (unpaired) electrons. The molecule has 5 aromatic rings. The Morgan fingerprint density at radius 1 is 1.00 bits per heavy atom. The molecule has 1 aliphatic heterocycles. The smallest absolute Gasteiger partial charge is 0.271 e. The molecule has 44 heavy (non-hydrogen) atoms. The van der Waals surface area contributed by atoms with Crippen molar-refractivity contribution in [3.8, 4) is 11.5 Å². The summed E-state index contributed by atoms with van der Waals surface area (Å²) in [7, 11) is 1.57. The monoisotopic (exact) mass is 605 g/mol. The third-order valence-electron chi connectivity index (χ3n) is 7.22. The second-order valence-electron chi connectivity index (χ2n) is 10.1. The van der Waals surface area contributed by atoms with Crippen molar-refractivity contribution in [3.63, 3.8) is 0 Å². The summed E-state index contributed by atoms with van der Waals surface area (Å²) < 4.78 is 26.9. The van der Waals surface area contributed by atoms with E-state index in [1.165, 1.54) is 23.5 Å². The van der Waals surface area contributed by atoms with E-state index >= 15 is 0 Å². The van der Waals surface area contributed by atoms with Crippen LogP contribution in [0, 0.1) is 5.82 Å². The molecule has 1 aliphatic rings. The molecule has 6 rings (SSSR count). The van der Waals surface area contributed by atoms with Gasteiger partial charge in [0.1, 0.15) is 23.9 Å². The summed E-state index contributed by atoms with van der Waals surface area (Å²) in [5.74, 6) is 0.521. The molecule has 4 aromatic carbocycles. The first-order chi connectivity index (χ1) is 21.4. The quantitative estimate of drug-likeness (QED) is 0.250. The molecule has 1 amide bonds. The predicted octanol–water partition coefficient (Wildman–Crippen LogP) is 5.60. The second kappa shape index (κ2) is 12.5. The number of nitrogens with zero attached hydrogens (tertiary/aromatic N) is 2. The number of amides is 1. The summed E-state index contributed by atoms with van der Waals surface area (Å²) in [5.41, 5.74) is 3.47. The number of carbonyl (C=O) groups is 1. The zero-order valence-corrected chi connectivity index (χ0v) is 24.8. The van der Waals surface area contributed by atoms with Crippen molar-refractivity contribution < 1.29 is 18.7 Å². The van der Waals surface area contributed by atoms with Gasteiger partial charge in [-0.25, -0.2) is 9.38 Å². The zero-order valence-electron chi connectivity index (χ0n) is 24.0. The molecule has 1 atom stereocenters. The van der Waals surface area contributed by atoms with Crippen molar-refractivity contribution >= 4 is 29.0 Å². The number of hydrogen-bond acceptors (Lipinski definition) is 6. The van der Waals surface area contributed by atoms with Gasteiger partial charge in [-0.2, -0.15) is 0 Å². The average Bonchev–Trinajstić information content (AvgIpc) is 3.34. The first-order valence-corrected chi connectivity index (χ1v) is 14.7. The maximum Gasteiger partial charge on any atom is 0.271 e. The van der Waals surface area contributed by atoms with Gasteiger partial charge in [0.15, 0.2) is 4.80 Å². The van der Waals surface area contributed by atoms with Crippen LogP contribution in [0.2, 0.25) is 0 Å². The maximum atomic E-state index is 14.1. The second-order valence-corrected chi connectivity index (χ2v) is 11.1. The van der Waals surface area contributed by atoms with Crippen molar-refractivity contribution in [2.45, 2.75) is 19.6 Å². The van der Waals surface area contributed by atoms with Gasteiger partial charge in [-0.1, -0.05) is 72.0 Å². The van der Waals surface area contributed by atoms with Crippen molar-refractivity contribution in [2.24, 2.45) is 4.99 Å². The fourth-order valence-corrected chi connectivity index (χ4v) is 6.11. The van der Waals surface area contributed by atoms with E-state index in [4.69, 9.17) is 14.5 Å². The molecule has 0 bridgehead atoms. The van der Waals surface area contributed by atoms with E-state index < -0.39 is 6.04 Å². The SMILES string of the molecule is COc1cccc([C@@H]2C(C(=O)Nc3ccccc3)=C(C)N=c3s/c(=C\c4ccccc4OCc4ccc(F)cc4)c(=O)n32)c1. The minimum Gasteiger partial charge on any atom is -0.497 e. The third kappa shape index (κ3) is 5.95. The van der Waals surface area contributed by atoms with Crippen molar-refractivity contribution in [1.29, 1.82) is 0 Å². The summed E-state index contributed by atoms with van der Waals surface area (Å²) in [4.78, 5) is 33.1. The summed E-state index contributed by atoms with van der Waals surface area (Å²) >= 11 is 1.25. The van der Waals surface area contributed by atoms with E-state index in [9.17, 15) is 14.0 Å². The van der Waals surface area contributed by atoms with E-state index in [1.807, 2.05) is 66.7 Å². The average molecular weight is 606 g/mol. The number of benzene rings is 4. The van der Waals surface area contributed by atoms with Gasteiger partial charge in [0.05, 0.1) is 29.0 Å². The third-order valence-corrected chi connectivity index (χ3v) is 8.20. The highest BCUT2D eigenvalue weighted by Crippen LogP contribution is 2.32. The number of hydrogen-bond donors (Lipinski definition) is 1. The van der Waals surface area contributed by atoms with E-state index in [1.54, 1.807) is 48.9 Å². The number of ether oxygens (including phenoxy) is 2. The van der Waals surface area contributed by atoms with E-state index in [0.717, 1.165) is 5.56 Å². The lowest BCUT2D eigenvalue weighted by Gasteiger charge is -2.25. The number of thiazole rings is 1. The summed E-state index contributed by atoms with van der Waals surface area (Å²) in [6.07, 6.45) is 1.77. The Morgan fingerprint density at radius 3 is 2.52 bits per heavy atom. The molecule has 0 unspecified atom stereocenters. The lowest BCUT2D eigenvalue weighted by atomic mass is 9.95. The molecule has 9 heteroatoms. The van der Waals surface area contributed by atoms with Crippen LogP contribution in [0.3, 0.4) is 0 Å². The van der Waals surface area contributed by atoms with Gasteiger partial charge < -0.3 is 14.8 Å². The normalized spacial score (nSPS) is 14.5. The van der Waals surface area contributed by atoms with E-state index in [-0.39, 0.29) is 23.9 Å². The van der Waals surface area contributed by atoms with Crippen LogP contribution >= 0.6 is 11.3 Å². The molecule has 0 spiro atoms. The molecule has 1 N–H and O–H groups in total. The number of nitrogens with one attached hydrogen (secondary N) is 1. The molecule has 220 valence electrons. The highest BCUT2D eigenvalue weighted by Gasteiger charge is 2.32. The fraction of sp³-hybridized carbons (Fsp3) is 0.114. The molecule has 0 saturated heterocycles. The first-order valence-electron chi connectivity index (χ1n) is 13.9. The van der Waals surface area contributed by atoms with Gasteiger partial charge in [0.2, 0.25) is 0 Å². The molecule has 0 fully saturated rings. The molecule has 0 aliphatic carbocycles. The molecule has 2 heterocycles. The molecule has 7 nitrogen and oxygen atoms in total. The zero-order chi connectivity index (χ0) is 30.6. The predicted molar refractivity (Wildman–Crippen MR) is 169 cm³/mol. The van der Waals surface area contributed by atoms with Gasteiger partial charge in [-0.05, 0) is 66.6 Å². The summed E-state index contributed by atoms with van der Waals surface area (Å²) in [6, 6.07) is 29.3. The summed E-state index contributed by atoms with van der Waals surface area (Å²) in [5, 5.41) is 2.96. The Kier molecular flexibility index (Phi) is 8.21. The fourth-order valence-electron chi connectivity index (χ4n) is 5.07. The largest absolute Gasteiger partial charge is 0.497 e. The van der Waals surface area contributed by atoms with Gasteiger partial charge >= 0.3 is 0 Å². The Morgan fingerprint density at radius 2 is 1.75 bits per heavy atom. The number of carbonyl (C=O) groups excluding carboxylic acids is 1. The van der Waals surface area contributed by atoms with Crippen molar-refractivity contribution in [1.82, 2.24) is 4.57 Å². The van der Waals surface area contributed by atoms with E-state index in [2.05, 4.69) is 5.32 Å². The van der Waals surface area contributed by atoms with Gasteiger partial charge in [-0.3, -0.25) is 14.2 Å². The first kappa shape index (κ1) is 28.8. The summed E-state index contributed by atoms with van der Waals surface area (Å²) in [6.45, 7) is 2.02. The van der Waals surface area contributed by atoms with E-state index in [0.29, 0.717) is 48.9 Å². The molecular weight excluding hydrogens is 577 g/mol. The Hall–Kier alpha value is -5.28. The van der Waals surface area contributed by atoms with Crippen LogP contribution in [0.5, 0.6) is 11.5 Å². The van der Waals surface area contributed by atoms with Gasteiger partial charge in [0.25, 0.3) is 11.5 Å². The topological polar surface area (TPSA) is 81.9 Å². The van der Waals surface area contributed by atoms with Crippen LogP contribution in [0.4, 0.5) is 10.1 Å². The van der Waals surface area contributed by atoms with Gasteiger partial charge in [0, 0.05) is 11.3 Å². The minimum atomic E-state index is -0.739. The van der Waals surface area contributed by atoms with Crippen molar-refractivity contribution in [2.75, 3.05) is 12.4 Å². The number of allylic oxidation sites excluding steroid dienone is 1. The standard InChI is InChI=1S/C35H28FN3O4S/c1-22-31(33(40)38-27-11-4-3-5-12-27)32(25-10-8-13-28(19-25)42-2)39-34(41)30(44-35(39)37-22)20-24-9-6-7-14-29(24)43-21-23-15-17-26(36)18-16-23/h3-20,32H,21H2,1-2H3,(H,38,40)/b30-20-/t32-/m1/s1.